The summed E-state index contributed by atoms with van der Waals surface area (Å²) in [5.74, 6) is 1.06. The Balaban J connectivity index is 2.19. The highest BCUT2D eigenvalue weighted by atomic mass is 16.1. The van der Waals surface area contributed by atoms with E-state index in [1.165, 1.54) is 25.7 Å². The maximum Gasteiger partial charge on any atom is 0.151 e. The van der Waals surface area contributed by atoms with Crippen LogP contribution in [0.5, 0.6) is 0 Å². The Labute approximate surface area is 103 Å². The highest BCUT2D eigenvalue weighted by molar-refractivity contribution is 5.75. The van der Waals surface area contributed by atoms with Gasteiger partial charge in [-0.05, 0) is 37.8 Å². The van der Waals surface area contributed by atoms with Crippen LogP contribution in [0.1, 0.15) is 48.5 Å². The molecule has 1 saturated carbocycles. The minimum absolute atomic E-state index is 0.664. The van der Waals surface area contributed by atoms with Crippen molar-refractivity contribution in [2.24, 2.45) is 0 Å². The number of aryl methyl sites for hydroxylation is 1. The second-order valence-corrected chi connectivity index (χ2v) is 4.81. The molecule has 1 aliphatic rings. The molecular formula is C14H20N2O. The van der Waals surface area contributed by atoms with Crippen LogP contribution in [-0.2, 0) is 0 Å². The van der Waals surface area contributed by atoms with Crippen molar-refractivity contribution in [1.29, 1.82) is 0 Å². The summed E-state index contributed by atoms with van der Waals surface area (Å²) in [7, 11) is 0. The lowest BCUT2D eigenvalue weighted by molar-refractivity contribution is 0.112. The van der Waals surface area contributed by atoms with Gasteiger partial charge in [-0.2, -0.15) is 0 Å². The van der Waals surface area contributed by atoms with Crippen LogP contribution < -0.4 is 4.90 Å². The highest BCUT2D eigenvalue weighted by Crippen LogP contribution is 2.32. The van der Waals surface area contributed by atoms with Gasteiger partial charge in [-0.1, -0.05) is 13.3 Å². The summed E-state index contributed by atoms with van der Waals surface area (Å²) in [5, 5.41) is 0. The molecule has 0 atom stereocenters. The first-order chi connectivity index (χ1) is 8.26. The number of carbonyl (C=O) groups excluding carboxylic acids is 1. The molecule has 0 amide bonds. The fourth-order valence-corrected chi connectivity index (χ4v) is 2.13. The third-order valence-electron chi connectivity index (χ3n) is 3.22. The zero-order valence-electron chi connectivity index (χ0n) is 10.6. The fraction of sp³-hybridized carbons (Fsp3) is 0.571. The maximum atomic E-state index is 10.7. The molecule has 0 aromatic carbocycles. The monoisotopic (exact) mass is 232 g/mol. The minimum atomic E-state index is 0.664. The summed E-state index contributed by atoms with van der Waals surface area (Å²) in [6.07, 6.45) is 7.50. The van der Waals surface area contributed by atoms with Gasteiger partial charge in [0.15, 0.2) is 6.29 Å². The predicted molar refractivity (Wildman–Crippen MR) is 69.6 cm³/mol. The van der Waals surface area contributed by atoms with Crippen LogP contribution in [0.15, 0.2) is 12.3 Å². The first-order valence-electron chi connectivity index (χ1n) is 6.44. The van der Waals surface area contributed by atoms with Gasteiger partial charge < -0.3 is 4.90 Å². The van der Waals surface area contributed by atoms with Crippen molar-refractivity contribution in [1.82, 2.24) is 4.98 Å². The number of carbonyl (C=O) groups is 1. The smallest absolute Gasteiger partial charge is 0.151 e. The van der Waals surface area contributed by atoms with Crippen LogP contribution >= 0.6 is 0 Å². The van der Waals surface area contributed by atoms with Crippen molar-refractivity contribution >= 4 is 12.1 Å². The number of pyridine rings is 1. The average Bonchev–Trinajstić information content (AvgIpc) is 3.15. The molecule has 0 N–H and O–H groups in total. The van der Waals surface area contributed by atoms with Gasteiger partial charge in [0, 0.05) is 24.3 Å². The quantitative estimate of drug-likeness (QED) is 0.707. The Morgan fingerprint density at radius 1 is 1.53 bits per heavy atom. The normalized spacial score (nSPS) is 14.7. The van der Waals surface area contributed by atoms with Crippen molar-refractivity contribution in [2.75, 3.05) is 11.4 Å². The third-order valence-corrected chi connectivity index (χ3v) is 3.22. The van der Waals surface area contributed by atoms with Gasteiger partial charge in [-0.25, -0.2) is 4.98 Å². The fourth-order valence-electron chi connectivity index (χ4n) is 2.13. The molecule has 1 heterocycles. The van der Waals surface area contributed by atoms with Crippen LogP contribution in [-0.4, -0.2) is 23.9 Å². The summed E-state index contributed by atoms with van der Waals surface area (Å²) in [5.41, 5.74) is 1.77. The summed E-state index contributed by atoms with van der Waals surface area (Å²) in [6.45, 7) is 5.33. The second kappa shape index (κ2) is 5.30. The van der Waals surface area contributed by atoms with Gasteiger partial charge in [0.2, 0.25) is 0 Å². The molecule has 92 valence electrons. The number of rotatable bonds is 6. The van der Waals surface area contributed by atoms with Gasteiger partial charge >= 0.3 is 0 Å². The predicted octanol–water partition coefficient (Wildman–Crippen LogP) is 2.97. The van der Waals surface area contributed by atoms with Crippen molar-refractivity contribution in [3.63, 3.8) is 0 Å². The lowest BCUT2D eigenvalue weighted by Gasteiger charge is -2.25. The van der Waals surface area contributed by atoms with E-state index in [-0.39, 0.29) is 0 Å². The van der Waals surface area contributed by atoms with Crippen molar-refractivity contribution in [2.45, 2.75) is 45.6 Å². The van der Waals surface area contributed by atoms with Gasteiger partial charge in [0.25, 0.3) is 0 Å². The summed E-state index contributed by atoms with van der Waals surface area (Å²) < 4.78 is 0. The number of aromatic nitrogens is 1. The molecule has 1 aliphatic carbocycles. The number of anilines is 1. The molecule has 0 spiro atoms. The van der Waals surface area contributed by atoms with E-state index < -0.39 is 0 Å². The molecule has 3 heteroatoms. The number of aldehydes is 1. The standard InChI is InChI=1S/C14H20N2O/c1-3-4-7-16(13-5-6-13)14-11(2)8-12(10-17)9-15-14/h8-10,13H,3-7H2,1-2H3. The number of hydrogen-bond donors (Lipinski definition) is 0. The molecule has 0 saturated heterocycles. The third kappa shape index (κ3) is 2.84. The van der Waals surface area contributed by atoms with Crippen LogP contribution in [0.2, 0.25) is 0 Å². The Morgan fingerprint density at radius 2 is 2.29 bits per heavy atom. The Morgan fingerprint density at radius 3 is 2.82 bits per heavy atom. The maximum absolute atomic E-state index is 10.7. The minimum Gasteiger partial charge on any atom is -0.353 e. The van der Waals surface area contributed by atoms with Gasteiger partial charge in [0.1, 0.15) is 5.82 Å². The molecule has 3 nitrogen and oxygen atoms in total. The molecule has 0 aliphatic heterocycles. The van der Waals surface area contributed by atoms with Gasteiger partial charge in [0.05, 0.1) is 0 Å². The van der Waals surface area contributed by atoms with Crippen LogP contribution in [0.25, 0.3) is 0 Å². The zero-order valence-corrected chi connectivity index (χ0v) is 10.6. The lowest BCUT2D eigenvalue weighted by Crippen LogP contribution is -2.28. The molecule has 2 rings (SSSR count). The van der Waals surface area contributed by atoms with Gasteiger partial charge in [-0.15, -0.1) is 0 Å². The van der Waals surface area contributed by atoms with E-state index in [1.807, 2.05) is 13.0 Å². The molecule has 1 aromatic heterocycles. The van der Waals surface area contributed by atoms with E-state index >= 15 is 0 Å². The average molecular weight is 232 g/mol. The van der Waals surface area contributed by atoms with Crippen molar-refractivity contribution < 1.29 is 4.79 Å². The highest BCUT2D eigenvalue weighted by Gasteiger charge is 2.30. The molecular weight excluding hydrogens is 212 g/mol. The Kier molecular flexibility index (Phi) is 3.77. The molecule has 0 unspecified atom stereocenters. The molecule has 1 aromatic rings. The topological polar surface area (TPSA) is 33.2 Å². The van der Waals surface area contributed by atoms with Crippen LogP contribution in [0.3, 0.4) is 0 Å². The number of hydrogen-bond acceptors (Lipinski definition) is 3. The van der Waals surface area contributed by atoms with E-state index in [0.717, 1.165) is 24.2 Å². The van der Waals surface area contributed by atoms with E-state index in [2.05, 4.69) is 16.8 Å². The zero-order chi connectivity index (χ0) is 12.3. The van der Waals surface area contributed by atoms with Crippen LogP contribution in [0.4, 0.5) is 5.82 Å². The van der Waals surface area contributed by atoms with E-state index in [1.54, 1.807) is 6.20 Å². The lowest BCUT2D eigenvalue weighted by atomic mass is 10.2. The van der Waals surface area contributed by atoms with E-state index in [9.17, 15) is 4.79 Å². The number of unbranched alkanes of at least 4 members (excludes halogenated alkanes) is 1. The second-order valence-electron chi connectivity index (χ2n) is 4.81. The first-order valence-corrected chi connectivity index (χ1v) is 6.44. The Bertz CT molecular complexity index is 399. The SMILES string of the molecule is CCCCN(c1ncc(C=O)cc1C)C1CC1. The largest absolute Gasteiger partial charge is 0.353 e. The van der Waals surface area contributed by atoms with E-state index in [4.69, 9.17) is 0 Å². The van der Waals surface area contributed by atoms with E-state index in [0.29, 0.717) is 11.6 Å². The number of nitrogens with zero attached hydrogens (tertiary/aromatic N) is 2. The first kappa shape index (κ1) is 12.1. The van der Waals surface area contributed by atoms with Crippen molar-refractivity contribution in [3.05, 3.63) is 23.4 Å². The molecule has 1 fully saturated rings. The summed E-state index contributed by atoms with van der Waals surface area (Å²) in [6, 6.07) is 2.60. The molecule has 0 radical (unpaired) electrons. The van der Waals surface area contributed by atoms with Crippen molar-refractivity contribution in [3.8, 4) is 0 Å². The molecule has 0 bridgehead atoms. The Hall–Kier alpha value is -1.38. The van der Waals surface area contributed by atoms with Gasteiger partial charge in [-0.3, -0.25) is 4.79 Å². The summed E-state index contributed by atoms with van der Waals surface area (Å²) in [4.78, 5) is 17.6. The molecule has 17 heavy (non-hydrogen) atoms. The van der Waals surface area contributed by atoms with Crippen LogP contribution in [0, 0.1) is 6.92 Å². The summed E-state index contributed by atoms with van der Waals surface area (Å²) >= 11 is 0.